The lowest BCUT2D eigenvalue weighted by atomic mass is 10.1. The molecule has 1 aliphatic heterocycles. The average Bonchev–Trinajstić information content (AvgIpc) is 3.04. The fourth-order valence-corrected chi connectivity index (χ4v) is 3.78. The molecule has 5 heteroatoms. The van der Waals surface area contributed by atoms with Gasteiger partial charge < -0.3 is 9.80 Å². The van der Waals surface area contributed by atoms with Crippen molar-refractivity contribution in [2.45, 2.75) is 6.42 Å². The van der Waals surface area contributed by atoms with Crippen LogP contribution in [0.1, 0.15) is 16.8 Å². The fourth-order valence-electron chi connectivity index (χ4n) is 3.78. The number of hydrogen-bond donors (Lipinski definition) is 0. The molecule has 1 saturated heterocycles. The van der Waals surface area contributed by atoms with Gasteiger partial charge in [0.05, 0.1) is 11.2 Å². The van der Waals surface area contributed by atoms with Crippen LogP contribution in [0.4, 0.5) is 0 Å². The summed E-state index contributed by atoms with van der Waals surface area (Å²) in [5.41, 5.74) is 3.47. The molecule has 0 saturated carbocycles. The van der Waals surface area contributed by atoms with Gasteiger partial charge >= 0.3 is 0 Å². The van der Waals surface area contributed by atoms with Crippen LogP contribution in [0.5, 0.6) is 0 Å². The van der Waals surface area contributed by atoms with Crippen molar-refractivity contribution in [3.05, 3.63) is 66.2 Å². The molecule has 5 nitrogen and oxygen atoms in total. The van der Waals surface area contributed by atoms with Crippen molar-refractivity contribution in [1.82, 2.24) is 14.8 Å². The number of nitrogens with zero attached hydrogens (tertiary/aromatic N) is 3. The molecule has 0 spiro atoms. The Kier molecular flexibility index (Phi) is 4.82. The second-order valence-electron chi connectivity index (χ2n) is 7.50. The molecule has 1 fully saturated rings. The maximum absolute atomic E-state index is 12.7. The third-order valence-corrected chi connectivity index (χ3v) is 5.33. The molecule has 1 unspecified atom stereocenters. The topological polar surface area (TPSA) is 53.5 Å². The Bertz CT molecular complexity index is 1030. The normalized spacial score (nSPS) is 16.6. The predicted molar refractivity (Wildman–Crippen MR) is 110 cm³/mol. The molecule has 1 aliphatic rings. The van der Waals surface area contributed by atoms with Crippen LogP contribution in [-0.2, 0) is 4.79 Å². The van der Waals surface area contributed by atoms with E-state index in [0.717, 1.165) is 22.2 Å². The van der Waals surface area contributed by atoms with E-state index >= 15 is 0 Å². The van der Waals surface area contributed by atoms with E-state index < -0.39 is 0 Å². The number of pyridine rings is 1. The summed E-state index contributed by atoms with van der Waals surface area (Å²) in [6, 6.07) is 19.6. The van der Waals surface area contributed by atoms with Crippen molar-refractivity contribution in [3.8, 4) is 11.3 Å². The van der Waals surface area contributed by atoms with Crippen LogP contribution in [0.15, 0.2) is 60.7 Å². The highest BCUT2D eigenvalue weighted by Gasteiger charge is 2.28. The van der Waals surface area contributed by atoms with Gasteiger partial charge in [0.1, 0.15) is 0 Å². The van der Waals surface area contributed by atoms with E-state index in [2.05, 4.69) is 6.07 Å². The lowest BCUT2D eigenvalue weighted by Gasteiger charge is -2.21. The fraction of sp³-hybridized carbons (Fsp3) is 0.261. The predicted octanol–water partition coefficient (Wildman–Crippen LogP) is 3.45. The van der Waals surface area contributed by atoms with Gasteiger partial charge in [-0.1, -0.05) is 36.4 Å². The molecule has 142 valence electrons. The number of amides is 2. The third kappa shape index (κ3) is 3.60. The van der Waals surface area contributed by atoms with Gasteiger partial charge in [0, 0.05) is 56.0 Å². The van der Waals surface area contributed by atoms with Gasteiger partial charge in [0.2, 0.25) is 5.91 Å². The number of likely N-dealkylation sites (tertiary alicyclic amines) is 1. The van der Waals surface area contributed by atoms with Crippen LogP contribution in [0.2, 0.25) is 0 Å². The van der Waals surface area contributed by atoms with E-state index in [9.17, 15) is 9.59 Å². The molecule has 28 heavy (non-hydrogen) atoms. The molecular formula is C23H23N3O2. The van der Waals surface area contributed by atoms with E-state index in [0.29, 0.717) is 25.1 Å². The Labute approximate surface area is 164 Å². The largest absolute Gasteiger partial charge is 0.345 e. The zero-order chi connectivity index (χ0) is 19.7. The van der Waals surface area contributed by atoms with Gasteiger partial charge in [-0.2, -0.15) is 0 Å². The first kappa shape index (κ1) is 18.2. The quantitative estimate of drug-likeness (QED) is 0.704. The van der Waals surface area contributed by atoms with Crippen LogP contribution in [0, 0.1) is 5.92 Å². The molecule has 1 aromatic heterocycles. The monoisotopic (exact) mass is 373 g/mol. The first-order valence-electron chi connectivity index (χ1n) is 9.47. The number of para-hydroxylation sites is 1. The van der Waals surface area contributed by atoms with Crippen molar-refractivity contribution in [2.75, 3.05) is 27.2 Å². The zero-order valence-electron chi connectivity index (χ0n) is 16.1. The molecule has 4 rings (SSSR count). The Hall–Kier alpha value is -3.21. The Morgan fingerprint density at radius 1 is 1.11 bits per heavy atom. The number of rotatable bonds is 4. The maximum Gasteiger partial charge on any atom is 0.253 e. The molecule has 0 bridgehead atoms. The molecule has 3 aromatic rings. The molecule has 1 atom stereocenters. The van der Waals surface area contributed by atoms with Crippen LogP contribution in [-0.4, -0.2) is 53.8 Å². The first-order valence-corrected chi connectivity index (χ1v) is 9.47. The summed E-state index contributed by atoms with van der Waals surface area (Å²) in [4.78, 5) is 32.6. The van der Waals surface area contributed by atoms with Crippen molar-refractivity contribution in [1.29, 1.82) is 0 Å². The molecule has 0 N–H and O–H groups in total. The smallest absolute Gasteiger partial charge is 0.253 e. The van der Waals surface area contributed by atoms with Gasteiger partial charge in [-0.15, -0.1) is 0 Å². The highest BCUT2D eigenvalue weighted by atomic mass is 16.2. The Morgan fingerprint density at radius 2 is 1.86 bits per heavy atom. The minimum atomic E-state index is -0.0278. The molecule has 2 amide bonds. The van der Waals surface area contributed by atoms with Crippen LogP contribution < -0.4 is 0 Å². The summed E-state index contributed by atoms with van der Waals surface area (Å²) in [6.07, 6.45) is 0.515. The van der Waals surface area contributed by atoms with Crippen molar-refractivity contribution < 1.29 is 9.59 Å². The standard InChI is InChI=1S/C23H23N3O2/c1-25-14-16(13-22(25)27)15-26(2)23(28)19-9-7-18(8-10-19)21-12-11-17-5-3-4-6-20(17)24-21/h3-12,16H,13-15H2,1-2H3. The van der Waals surface area contributed by atoms with E-state index in [1.807, 2.05) is 61.6 Å². The minimum Gasteiger partial charge on any atom is -0.345 e. The highest BCUT2D eigenvalue weighted by Crippen LogP contribution is 2.22. The summed E-state index contributed by atoms with van der Waals surface area (Å²) in [6.45, 7) is 1.30. The Morgan fingerprint density at radius 3 is 2.57 bits per heavy atom. The Balaban J connectivity index is 1.47. The first-order chi connectivity index (χ1) is 13.5. The second-order valence-corrected chi connectivity index (χ2v) is 7.50. The van der Waals surface area contributed by atoms with E-state index in [4.69, 9.17) is 4.98 Å². The lowest BCUT2D eigenvalue weighted by molar-refractivity contribution is -0.126. The summed E-state index contributed by atoms with van der Waals surface area (Å²) in [7, 11) is 3.60. The van der Waals surface area contributed by atoms with Gasteiger partial charge in [-0.25, -0.2) is 4.98 Å². The number of hydrogen-bond acceptors (Lipinski definition) is 3. The number of aromatic nitrogens is 1. The SMILES string of the molecule is CN1CC(CN(C)C(=O)c2ccc(-c3ccc4ccccc4n3)cc2)CC1=O. The summed E-state index contributed by atoms with van der Waals surface area (Å²) < 4.78 is 0. The third-order valence-electron chi connectivity index (χ3n) is 5.33. The van der Waals surface area contributed by atoms with Gasteiger partial charge in [0.25, 0.3) is 5.91 Å². The molecule has 2 heterocycles. The summed E-state index contributed by atoms with van der Waals surface area (Å²) in [5, 5.41) is 1.11. The van der Waals surface area contributed by atoms with Gasteiger partial charge in [0.15, 0.2) is 0 Å². The number of fused-ring (bicyclic) bond motifs is 1. The minimum absolute atomic E-state index is 0.0278. The maximum atomic E-state index is 12.7. The molecule has 0 aliphatic carbocycles. The van der Waals surface area contributed by atoms with Crippen molar-refractivity contribution in [3.63, 3.8) is 0 Å². The molecular weight excluding hydrogens is 350 g/mol. The van der Waals surface area contributed by atoms with Crippen LogP contribution in [0.25, 0.3) is 22.2 Å². The lowest BCUT2D eigenvalue weighted by Crippen LogP contribution is -2.32. The van der Waals surface area contributed by atoms with Crippen molar-refractivity contribution >= 4 is 22.7 Å². The van der Waals surface area contributed by atoms with E-state index in [1.165, 1.54) is 0 Å². The van der Waals surface area contributed by atoms with Gasteiger partial charge in [-0.3, -0.25) is 9.59 Å². The number of carbonyl (C=O) groups excluding carboxylic acids is 2. The van der Waals surface area contributed by atoms with Crippen LogP contribution >= 0.6 is 0 Å². The van der Waals surface area contributed by atoms with Crippen molar-refractivity contribution in [2.24, 2.45) is 5.92 Å². The molecule has 0 radical (unpaired) electrons. The summed E-state index contributed by atoms with van der Waals surface area (Å²) in [5.74, 6) is 0.325. The highest BCUT2D eigenvalue weighted by molar-refractivity contribution is 5.94. The van der Waals surface area contributed by atoms with E-state index in [1.54, 1.807) is 16.8 Å². The van der Waals surface area contributed by atoms with Crippen LogP contribution in [0.3, 0.4) is 0 Å². The second kappa shape index (κ2) is 7.43. The zero-order valence-corrected chi connectivity index (χ0v) is 16.1. The number of carbonyl (C=O) groups is 2. The average molecular weight is 373 g/mol. The number of benzene rings is 2. The van der Waals surface area contributed by atoms with E-state index in [-0.39, 0.29) is 17.7 Å². The van der Waals surface area contributed by atoms with Gasteiger partial charge in [-0.05, 0) is 24.3 Å². The molecule has 2 aromatic carbocycles. The summed E-state index contributed by atoms with van der Waals surface area (Å²) >= 11 is 0.